The molecule has 1 aromatic heterocycles. The number of furan rings is 1. The Morgan fingerprint density at radius 1 is 0.962 bits per heavy atom. The van der Waals surface area contributed by atoms with Crippen molar-refractivity contribution in [1.82, 2.24) is 5.32 Å². The lowest BCUT2D eigenvalue weighted by molar-refractivity contribution is 0.0852. The molecule has 0 saturated heterocycles. The largest absolute Gasteiger partial charge is 0.459 e. The Morgan fingerprint density at radius 3 is 2.38 bits per heavy atom. The van der Waals surface area contributed by atoms with Crippen molar-refractivity contribution in [2.75, 3.05) is 5.32 Å². The molecule has 0 saturated carbocycles. The van der Waals surface area contributed by atoms with Crippen LogP contribution in [0, 0.1) is 13.8 Å². The van der Waals surface area contributed by atoms with Gasteiger partial charge in [-0.3, -0.25) is 9.59 Å². The molecule has 1 amide bonds. The van der Waals surface area contributed by atoms with Crippen molar-refractivity contribution in [2.24, 2.45) is 0 Å². The third kappa shape index (κ3) is 4.00. The molecule has 0 radical (unpaired) electrons. The molecule has 0 unspecified atom stereocenters. The van der Waals surface area contributed by atoms with Crippen LogP contribution in [0.5, 0.6) is 0 Å². The number of ketones is 1. The van der Waals surface area contributed by atoms with E-state index in [0.717, 1.165) is 16.8 Å². The van der Waals surface area contributed by atoms with Gasteiger partial charge in [0.15, 0.2) is 11.9 Å². The SMILES string of the molecule is Cc1ccc(N[C@@H](NC(=O)c2ccco2)C(=O)c2ccccc2)c(C)c1. The van der Waals surface area contributed by atoms with Gasteiger partial charge in [-0.25, -0.2) is 0 Å². The molecule has 5 nitrogen and oxygen atoms in total. The van der Waals surface area contributed by atoms with Crippen LogP contribution in [0.4, 0.5) is 5.69 Å². The minimum Gasteiger partial charge on any atom is -0.459 e. The third-order valence-electron chi connectivity index (χ3n) is 4.02. The lowest BCUT2D eigenvalue weighted by atomic mass is 10.1. The first-order chi connectivity index (χ1) is 12.5. The smallest absolute Gasteiger partial charge is 0.288 e. The predicted octanol–water partition coefficient (Wildman–Crippen LogP) is 3.95. The summed E-state index contributed by atoms with van der Waals surface area (Å²) in [5, 5.41) is 5.86. The molecule has 132 valence electrons. The van der Waals surface area contributed by atoms with E-state index in [1.165, 1.54) is 6.26 Å². The Morgan fingerprint density at radius 2 is 1.73 bits per heavy atom. The summed E-state index contributed by atoms with van der Waals surface area (Å²) >= 11 is 0. The number of carbonyl (C=O) groups is 2. The molecule has 3 rings (SSSR count). The van der Waals surface area contributed by atoms with Crippen molar-refractivity contribution in [1.29, 1.82) is 0 Å². The summed E-state index contributed by atoms with van der Waals surface area (Å²) in [7, 11) is 0. The van der Waals surface area contributed by atoms with Gasteiger partial charge in [0.05, 0.1) is 6.26 Å². The molecule has 0 bridgehead atoms. The second kappa shape index (κ2) is 7.70. The van der Waals surface area contributed by atoms with Crippen molar-refractivity contribution >= 4 is 17.4 Å². The lowest BCUT2D eigenvalue weighted by Crippen LogP contribution is -2.46. The van der Waals surface area contributed by atoms with E-state index >= 15 is 0 Å². The molecule has 2 N–H and O–H groups in total. The average Bonchev–Trinajstić information content (AvgIpc) is 3.18. The molecular formula is C21H20N2O3. The molecule has 1 atom stereocenters. The van der Waals surface area contributed by atoms with Gasteiger partial charge >= 0.3 is 0 Å². The van der Waals surface area contributed by atoms with Gasteiger partial charge < -0.3 is 15.1 Å². The second-order valence-electron chi connectivity index (χ2n) is 6.08. The van der Waals surface area contributed by atoms with Crippen LogP contribution in [0.2, 0.25) is 0 Å². The van der Waals surface area contributed by atoms with Crippen LogP contribution in [0.3, 0.4) is 0 Å². The molecular weight excluding hydrogens is 328 g/mol. The zero-order valence-corrected chi connectivity index (χ0v) is 14.7. The first-order valence-corrected chi connectivity index (χ1v) is 8.32. The van der Waals surface area contributed by atoms with E-state index in [4.69, 9.17) is 4.42 Å². The van der Waals surface area contributed by atoms with Crippen molar-refractivity contribution in [3.63, 3.8) is 0 Å². The van der Waals surface area contributed by atoms with E-state index in [1.807, 2.05) is 38.1 Å². The van der Waals surface area contributed by atoms with E-state index in [-0.39, 0.29) is 11.5 Å². The van der Waals surface area contributed by atoms with E-state index < -0.39 is 12.1 Å². The number of nitrogens with one attached hydrogen (secondary N) is 2. The zero-order valence-electron chi connectivity index (χ0n) is 14.7. The summed E-state index contributed by atoms with van der Waals surface area (Å²) < 4.78 is 5.12. The van der Waals surface area contributed by atoms with Crippen LogP contribution in [0.25, 0.3) is 0 Å². The number of rotatable bonds is 6. The summed E-state index contributed by atoms with van der Waals surface area (Å²) in [6.45, 7) is 3.95. The number of anilines is 1. The topological polar surface area (TPSA) is 71.3 Å². The minimum atomic E-state index is -0.920. The van der Waals surface area contributed by atoms with E-state index in [2.05, 4.69) is 10.6 Å². The highest BCUT2D eigenvalue weighted by Crippen LogP contribution is 2.18. The minimum absolute atomic E-state index is 0.151. The fourth-order valence-electron chi connectivity index (χ4n) is 2.68. The molecule has 0 aliphatic heterocycles. The van der Waals surface area contributed by atoms with Crippen molar-refractivity contribution in [3.8, 4) is 0 Å². The van der Waals surface area contributed by atoms with Gasteiger partial charge in [-0.05, 0) is 37.6 Å². The molecule has 0 fully saturated rings. The molecule has 26 heavy (non-hydrogen) atoms. The van der Waals surface area contributed by atoms with Gasteiger partial charge in [0, 0.05) is 11.3 Å². The normalized spacial score (nSPS) is 11.6. The maximum absolute atomic E-state index is 12.9. The Bertz CT molecular complexity index is 902. The average molecular weight is 348 g/mol. The zero-order chi connectivity index (χ0) is 18.5. The highest BCUT2D eigenvalue weighted by molar-refractivity contribution is 6.04. The molecule has 2 aromatic carbocycles. The van der Waals surface area contributed by atoms with Crippen molar-refractivity contribution < 1.29 is 14.0 Å². The number of carbonyl (C=O) groups excluding carboxylic acids is 2. The van der Waals surface area contributed by atoms with Crippen molar-refractivity contribution in [3.05, 3.63) is 89.4 Å². The first kappa shape index (κ1) is 17.5. The van der Waals surface area contributed by atoms with Crippen molar-refractivity contribution in [2.45, 2.75) is 20.0 Å². The Balaban J connectivity index is 1.87. The highest BCUT2D eigenvalue weighted by atomic mass is 16.3. The molecule has 0 spiro atoms. The Hall–Kier alpha value is -3.34. The molecule has 0 aliphatic carbocycles. The highest BCUT2D eigenvalue weighted by Gasteiger charge is 2.24. The molecule has 5 heteroatoms. The number of benzene rings is 2. The van der Waals surface area contributed by atoms with Crippen LogP contribution >= 0.6 is 0 Å². The summed E-state index contributed by atoms with van der Waals surface area (Å²) in [6, 6.07) is 17.9. The Kier molecular flexibility index (Phi) is 5.17. The summed E-state index contributed by atoms with van der Waals surface area (Å²) in [5.41, 5.74) is 3.40. The quantitative estimate of drug-likeness (QED) is 0.523. The number of amides is 1. The number of Topliss-reactive ketones (excluding diaryl/α,β-unsaturated/α-hetero) is 1. The van der Waals surface area contributed by atoms with E-state index in [0.29, 0.717) is 5.56 Å². The maximum atomic E-state index is 12.9. The summed E-state index contributed by atoms with van der Waals surface area (Å²) in [5.74, 6) is -0.537. The predicted molar refractivity (Wildman–Crippen MR) is 100 cm³/mol. The lowest BCUT2D eigenvalue weighted by Gasteiger charge is -2.21. The van der Waals surface area contributed by atoms with Crippen LogP contribution in [-0.4, -0.2) is 17.9 Å². The van der Waals surface area contributed by atoms with Gasteiger partial charge in [0.25, 0.3) is 5.91 Å². The standard InChI is InChI=1S/C21H20N2O3/c1-14-10-11-17(15(2)13-14)22-20(19(24)16-7-4-3-5-8-16)23-21(25)18-9-6-12-26-18/h3-13,20,22H,1-2H3,(H,23,25)/t20-/m0/s1. The number of hydrogen-bond donors (Lipinski definition) is 2. The second-order valence-corrected chi connectivity index (χ2v) is 6.08. The summed E-state index contributed by atoms with van der Waals surface area (Å²) in [6.07, 6.45) is 0.497. The number of hydrogen-bond acceptors (Lipinski definition) is 4. The van der Waals surface area contributed by atoms with Crippen LogP contribution in [-0.2, 0) is 0 Å². The van der Waals surface area contributed by atoms with Gasteiger partial charge in [-0.1, -0.05) is 48.0 Å². The monoisotopic (exact) mass is 348 g/mol. The first-order valence-electron chi connectivity index (χ1n) is 8.32. The van der Waals surface area contributed by atoms with Gasteiger partial charge in [-0.15, -0.1) is 0 Å². The van der Waals surface area contributed by atoms with E-state index in [1.54, 1.807) is 36.4 Å². The van der Waals surface area contributed by atoms with Gasteiger partial charge in [-0.2, -0.15) is 0 Å². The Labute approximate surface area is 152 Å². The molecule has 1 heterocycles. The third-order valence-corrected chi connectivity index (χ3v) is 4.02. The van der Waals surface area contributed by atoms with Gasteiger partial charge in [0.1, 0.15) is 0 Å². The number of aryl methyl sites for hydroxylation is 2. The maximum Gasteiger partial charge on any atom is 0.288 e. The summed E-state index contributed by atoms with van der Waals surface area (Å²) in [4.78, 5) is 25.3. The van der Waals surface area contributed by atoms with Crippen LogP contribution in [0.15, 0.2) is 71.3 Å². The van der Waals surface area contributed by atoms with E-state index in [9.17, 15) is 9.59 Å². The molecule has 3 aromatic rings. The van der Waals surface area contributed by atoms with Gasteiger partial charge in [0.2, 0.25) is 5.78 Å². The fourth-order valence-corrected chi connectivity index (χ4v) is 2.68. The fraction of sp³-hybridized carbons (Fsp3) is 0.143. The molecule has 0 aliphatic rings. The van der Waals surface area contributed by atoms with Crippen LogP contribution < -0.4 is 10.6 Å². The van der Waals surface area contributed by atoms with Crippen LogP contribution in [0.1, 0.15) is 32.0 Å².